The van der Waals surface area contributed by atoms with E-state index in [9.17, 15) is 0 Å². The van der Waals surface area contributed by atoms with Crippen LogP contribution in [0, 0.1) is 0 Å². The minimum absolute atomic E-state index is 1.01. The fraction of sp³-hybridized carbons (Fsp3) is 1.00. The van der Waals surface area contributed by atoms with Gasteiger partial charge in [-0.15, -0.1) is 0 Å². The van der Waals surface area contributed by atoms with Crippen LogP contribution in [0.4, 0.5) is 0 Å². The van der Waals surface area contributed by atoms with E-state index < -0.39 is 13.6 Å². The maximum atomic E-state index is 2.38. The van der Waals surface area contributed by atoms with E-state index in [-0.39, 0.29) is 0 Å². The number of hydrogen-bond donors (Lipinski definition) is 0. The van der Waals surface area contributed by atoms with Crippen molar-refractivity contribution in [2.45, 2.75) is 48.5 Å². The van der Waals surface area contributed by atoms with Crippen LogP contribution in [-0.2, 0) is 0 Å². The van der Waals surface area contributed by atoms with Gasteiger partial charge in [-0.25, -0.2) is 0 Å². The first-order valence-corrected chi connectivity index (χ1v) is 9.40. The van der Waals surface area contributed by atoms with E-state index in [0.29, 0.717) is 0 Å². The molecule has 0 aromatic heterocycles. The fourth-order valence-electron chi connectivity index (χ4n) is 1.34. The summed E-state index contributed by atoms with van der Waals surface area (Å²) >= 11 is -1.01. The zero-order valence-electron chi connectivity index (χ0n) is 7.28. The first-order chi connectivity index (χ1) is 4.24. The molecule has 0 aliphatic heterocycles. The molecule has 0 N–H and O–H groups in total. The van der Waals surface area contributed by atoms with Gasteiger partial charge in [0.25, 0.3) is 0 Å². The van der Waals surface area contributed by atoms with Crippen LogP contribution in [0.2, 0.25) is 20.8 Å². The molecule has 0 amide bonds. The molecule has 0 aliphatic rings. The molecule has 0 unspecified atom stereocenters. The Morgan fingerprint density at radius 1 is 0.667 bits per heavy atom. The molecule has 1 heteroatoms. The van der Waals surface area contributed by atoms with Crippen molar-refractivity contribution in [3.8, 4) is 0 Å². The van der Waals surface area contributed by atoms with Gasteiger partial charge in [-0.05, 0) is 0 Å². The van der Waals surface area contributed by atoms with Crippen LogP contribution < -0.4 is 0 Å². The van der Waals surface area contributed by atoms with E-state index in [4.69, 9.17) is 0 Å². The summed E-state index contributed by atoms with van der Waals surface area (Å²) in [4.78, 5) is 0. The normalized spacial score (nSPS) is 12.0. The first-order valence-electron chi connectivity index (χ1n) is 4.09. The average molecular weight is 191 g/mol. The summed E-state index contributed by atoms with van der Waals surface area (Å²) in [6.07, 6.45) is 0. The Morgan fingerprint density at radius 3 is 0.889 bits per heavy atom. The molecule has 0 aromatic carbocycles. The third kappa shape index (κ3) is 2.33. The molecule has 0 aliphatic carbocycles. The zero-order valence-corrected chi connectivity index (χ0v) is 9.15. The second kappa shape index (κ2) is 4.39. The van der Waals surface area contributed by atoms with Gasteiger partial charge in [-0.3, -0.25) is 0 Å². The second-order valence-corrected chi connectivity index (χ2v) is 13.5. The summed E-state index contributed by atoms with van der Waals surface area (Å²) in [6, 6.07) is 0. The van der Waals surface area contributed by atoms with Gasteiger partial charge in [0, 0.05) is 0 Å². The van der Waals surface area contributed by atoms with E-state index in [1.807, 2.05) is 0 Å². The predicted octanol–water partition coefficient (Wildman–Crippen LogP) is 3.51. The molecule has 0 saturated carbocycles. The van der Waals surface area contributed by atoms with Crippen molar-refractivity contribution < 1.29 is 0 Å². The average Bonchev–Trinajstić information content (AvgIpc) is 1.95. The molecule has 0 bridgehead atoms. The Morgan fingerprint density at radius 2 is 0.889 bits per heavy atom. The van der Waals surface area contributed by atoms with Crippen LogP contribution in [0.5, 0.6) is 0 Å². The summed E-state index contributed by atoms with van der Waals surface area (Å²) in [5.41, 5.74) is 0. The Kier molecular flexibility index (Phi) is 4.66. The minimum atomic E-state index is -1.01. The van der Waals surface area contributed by atoms with Gasteiger partial charge in [-0.1, -0.05) is 0 Å². The van der Waals surface area contributed by atoms with Crippen molar-refractivity contribution in [1.82, 2.24) is 0 Å². The monoisotopic (exact) mass is 191 g/mol. The first kappa shape index (κ1) is 9.56. The van der Waals surface area contributed by atoms with Crippen LogP contribution in [0.3, 0.4) is 0 Å². The molecule has 0 nitrogen and oxygen atoms in total. The maximum absolute atomic E-state index is 2.38. The number of hydrogen-bond acceptors (Lipinski definition) is 0. The molecule has 9 heavy (non-hydrogen) atoms. The third-order valence-electron chi connectivity index (χ3n) is 2.68. The molecule has 0 atom stereocenters. The Bertz CT molecular complexity index is 47.5. The van der Waals surface area contributed by atoms with Crippen LogP contribution in [0.25, 0.3) is 0 Å². The van der Waals surface area contributed by atoms with Gasteiger partial charge < -0.3 is 0 Å². The molecule has 0 radical (unpaired) electrons. The molecule has 56 valence electrons. The van der Waals surface area contributed by atoms with Gasteiger partial charge in [0.2, 0.25) is 0 Å². The molecular formula is C8H20As+. The molecule has 0 heterocycles. The number of rotatable bonds is 4. The standard InChI is InChI=1S/C8H20As/c1-5-9(6-2,7-3)8-4/h5-8H2,1-4H3/q+1. The summed E-state index contributed by atoms with van der Waals surface area (Å²) in [7, 11) is 0. The van der Waals surface area contributed by atoms with E-state index in [1.165, 1.54) is 20.8 Å². The second-order valence-electron chi connectivity index (χ2n) is 2.61. The fourth-order valence-corrected chi connectivity index (χ4v) is 6.97. The van der Waals surface area contributed by atoms with Gasteiger partial charge in [-0.2, -0.15) is 0 Å². The quantitative estimate of drug-likeness (QED) is 0.596. The van der Waals surface area contributed by atoms with E-state index in [2.05, 4.69) is 27.7 Å². The van der Waals surface area contributed by atoms with Crippen molar-refractivity contribution in [1.29, 1.82) is 0 Å². The molecule has 0 fully saturated rings. The SMILES string of the molecule is CC[As+](CC)(CC)CC. The molecule has 0 saturated heterocycles. The van der Waals surface area contributed by atoms with Crippen LogP contribution >= 0.6 is 0 Å². The van der Waals surface area contributed by atoms with Crippen molar-refractivity contribution in [2.75, 3.05) is 0 Å². The van der Waals surface area contributed by atoms with Crippen LogP contribution in [0.1, 0.15) is 27.7 Å². The van der Waals surface area contributed by atoms with Gasteiger partial charge in [0.15, 0.2) is 0 Å². The van der Waals surface area contributed by atoms with Crippen molar-refractivity contribution in [2.24, 2.45) is 0 Å². The zero-order chi connectivity index (χ0) is 7.33. The molecule has 0 spiro atoms. The summed E-state index contributed by atoms with van der Waals surface area (Å²) in [5, 5.41) is 6.06. The Balaban J connectivity index is 3.82. The third-order valence-corrected chi connectivity index (χ3v) is 13.9. The van der Waals surface area contributed by atoms with E-state index >= 15 is 0 Å². The summed E-state index contributed by atoms with van der Waals surface area (Å²) in [5.74, 6) is 0. The van der Waals surface area contributed by atoms with Crippen LogP contribution in [0.15, 0.2) is 0 Å². The molecule has 0 rings (SSSR count). The van der Waals surface area contributed by atoms with Gasteiger partial charge in [0.05, 0.1) is 0 Å². The Hall–Kier alpha value is 0.558. The Labute approximate surface area is 62.5 Å². The van der Waals surface area contributed by atoms with E-state index in [1.54, 1.807) is 0 Å². The molecular weight excluding hydrogens is 171 g/mol. The van der Waals surface area contributed by atoms with E-state index in [0.717, 1.165) is 0 Å². The molecule has 0 aromatic rings. The van der Waals surface area contributed by atoms with Crippen molar-refractivity contribution in [3.05, 3.63) is 0 Å². The van der Waals surface area contributed by atoms with Crippen molar-refractivity contribution in [3.63, 3.8) is 0 Å². The predicted molar refractivity (Wildman–Crippen MR) is 47.7 cm³/mol. The van der Waals surface area contributed by atoms with Crippen LogP contribution in [-0.4, -0.2) is 13.6 Å². The van der Waals surface area contributed by atoms with Gasteiger partial charge in [0.1, 0.15) is 0 Å². The van der Waals surface area contributed by atoms with Gasteiger partial charge >= 0.3 is 62.1 Å². The van der Waals surface area contributed by atoms with Crippen molar-refractivity contribution >= 4 is 13.6 Å². The summed E-state index contributed by atoms with van der Waals surface area (Å²) in [6.45, 7) is 9.51. The topological polar surface area (TPSA) is 0 Å². The summed E-state index contributed by atoms with van der Waals surface area (Å²) < 4.78 is 0.